The number of hydrogen-bond donors (Lipinski definition) is 0. The Labute approximate surface area is 196 Å². The van der Waals surface area contributed by atoms with Crippen LogP contribution in [0.25, 0.3) is 0 Å². The summed E-state index contributed by atoms with van der Waals surface area (Å²) in [6, 6.07) is 31.3. The SMILES string of the molecule is C[Si](C)(Cc1ccccc1)C1=C[C@@H](c2ccccc2)[C@H]2C(=O)N(c3ccccc3)C(=O)[C@H]2C1. The van der Waals surface area contributed by atoms with Crippen LogP contribution >= 0.6 is 0 Å². The zero-order chi connectivity index (χ0) is 23.0. The second-order valence-electron chi connectivity index (χ2n) is 9.86. The molecule has 0 aromatic heterocycles. The molecule has 3 nitrogen and oxygen atoms in total. The molecule has 1 aliphatic heterocycles. The predicted molar refractivity (Wildman–Crippen MR) is 135 cm³/mol. The minimum absolute atomic E-state index is 0.0488. The standard InChI is InChI=1S/C29H29NO2Si/c1-33(2,20-21-12-6-3-7-13-21)24-18-25(22-14-8-4-9-15-22)27-26(19-24)28(31)30(29(27)32)23-16-10-5-11-17-23/h3-18,25-27H,19-20H2,1-2H3/t25-,26-,27+/m0/s1. The van der Waals surface area contributed by atoms with Gasteiger partial charge in [-0.05, 0) is 30.2 Å². The first-order valence-electron chi connectivity index (χ1n) is 11.7. The number of benzene rings is 3. The first-order valence-corrected chi connectivity index (χ1v) is 14.9. The van der Waals surface area contributed by atoms with Gasteiger partial charge in [-0.25, -0.2) is 0 Å². The van der Waals surface area contributed by atoms with Crippen molar-refractivity contribution in [2.24, 2.45) is 11.8 Å². The summed E-state index contributed by atoms with van der Waals surface area (Å²) in [5.74, 6) is -0.835. The molecular weight excluding hydrogens is 422 g/mol. The van der Waals surface area contributed by atoms with E-state index in [4.69, 9.17) is 0 Å². The molecule has 0 unspecified atom stereocenters. The highest BCUT2D eigenvalue weighted by Crippen LogP contribution is 2.48. The van der Waals surface area contributed by atoms with E-state index in [2.05, 4.69) is 61.6 Å². The van der Waals surface area contributed by atoms with Gasteiger partial charge in [-0.2, -0.15) is 0 Å². The molecule has 0 saturated carbocycles. The molecule has 3 aromatic rings. The minimum atomic E-state index is -1.85. The Hall–Kier alpha value is -3.24. The van der Waals surface area contributed by atoms with Crippen LogP contribution in [0.3, 0.4) is 0 Å². The van der Waals surface area contributed by atoms with Crippen LogP contribution in [-0.2, 0) is 15.6 Å². The van der Waals surface area contributed by atoms with Gasteiger partial charge in [-0.1, -0.05) is 109 Å². The Morgan fingerprint density at radius 1 is 0.788 bits per heavy atom. The molecule has 1 aliphatic carbocycles. The number of allylic oxidation sites excluding steroid dienone is 2. The van der Waals surface area contributed by atoms with Gasteiger partial charge in [0.05, 0.1) is 25.6 Å². The van der Waals surface area contributed by atoms with E-state index in [9.17, 15) is 9.59 Å². The number of amides is 2. The van der Waals surface area contributed by atoms with E-state index in [-0.39, 0.29) is 29.6 Å². The molecule has 3 atom stereocenters. The molecule has 2 amide bonds. The zero-order valence-electron chi connectivity index (χ0n) is 19.1. The number of anilines is 1. The van der Waals surface area contributed by atoms with Gasteiger partial charge in [0.2, 0.25) is 11.8 Å². The van der Waals surface area contributed by atoms with Crippen LogP contribution in [0.15, 0.2) is 102 Å². The summed E-state index contributed by atoms with van der Waals surface area (Å²) in [6.07, 6.45) is 3.04. The number of para-hydroxylation sites is 1. The quantitative estimate of drug-likeness (QED) is 0.356. The Morgan fingerprint density at radius 2 is 1.36 bits per heavy atom. The number of imide groups is 1. The summed E-state index contributed by atoms with van der Waals surface area (Å²) < 4.78 is 0. The van der Waals surface area contributed by atoms with Crippen molar-refractivity contribution >= 4 is 25.6 Å². The predicted octanol–water partition coefficient (Wildman–Crippen LogP) is 5.94. The minimum Gasteiger partial charge on any atom is -0.274 e. The first kappa shape index (κ1) is 21.6. The van der Waals surface area contributed by atoms with Gasteiger partial charge in [0.25, 0.3) is 0 Å². The summed E-state index contributed by atoms with van der Waals surface area (Å²) >= 11 is 0. The maximum atomic E-state index is 13.7. The maximum Gasteiger partial charge on any atom is 0.238 e. The first-order chi connectivity index (χ1) is 16.0. The van der Waals surface area contributed by atoms with Gasteiger partial charge < -0.3 is 0 Å². The third kappa shape index (κ3) is 4.00. The second-order valence-corrected chi connectivity index (χ2v) is 14.6. The van der Waals surface area contributed by atoms with Crippen molar-refractivity contribution in [2.75, 3.05) is 4.90 Å². The molecule has 5 rings (SSSR count). The molecule has 0 radical (unpaired) electrons. The fourth-order valence-electron chi connectivity index (χ4n) is 5.52. The molecule has 0 bridgehead atoms. The maximum absolute atomic E-state index is 13.7. The molecule has 166 valence electrons. The highest BCUT2D eigenvalue weighted by molar-refractivity contribution is 6.83. The van der Waals surface area contributed by atoms with Crippen molar-refractivity contribution in [3.05, 3.63) is 113 Å². The summed E-state index contributed by atoms with van der Waals surface area (Å²) in [5, 5.41) is 1.40. The molecule has 1 saturated heterocycles. The van der Waals surface area contributed by atoms with Crippen molar-refractivity contribution in [3.8, 4) is 0 Å². The molecular formula is C29H29NO2Si. The van der Waals surface area contributed by atoms with Crippen molar-refractivity contribution in [1.29, 1.82) is 0 Å². The van der Waals surface area contributed by atoms with E-state index >= 15 is 0 Å². The van der Waals surface area contributed by atoms with Gasteiger partial charge in [-0.3, -0.25) is 14.5 Å². The van der Waals surface area contributed by atoms with Crippen molar-refractivity contribution in [2.45, 2.75) is 31.5 Å². The average molecular weight is 452 g/mol. The number of carbonyl (C=O) groups is 2. The van der Waals surface area contributed by atoms with Gasteiger partial charge >= 0.3 is 0 Å². The summed E-state index contributed by atoms with van der Waals surface area (Å²) in [4.78, 5) is 28.8. The van der Waals surface area contributed by atoms with Gasteiger partial charge in [0.1, 0.15) is 0 Å². The Kier molecular flexibility index (Phi) is 5.63. The fourth-order valence-corrected chi connectivity index (χ4v) is 8.41. The monoisotopic (exact) mass is 451 g/mol. The zero-order valence-corrected chi connectivity index (χ0v) is 20.1. The molecule has 1 heterocycles. The van der Waals surface area contributed by atoms with Crippen LogP contribution in [0.2, 0.25) is 13.1 Å². The largest absolute Gasteiger partial charge is 0.274 e. The Bertz CT molecular complexity index is 1190. The van der Waals surface area contributed by atoms with Crippen molar-refractivity contribution in [3.63, 3.8) is 0 Å². The summed E-state index contributed by atoms with van der Waals surface area (Å²) in [6.45, 7) is 4.79. The number of rotatable bonds is 5. The molecule has 1 fully saturated rings. The van der Waals surface area contributed by atoms with E-state index in [1.165, 1.54) is 15.7 Å². The topological polar surface area (TPSA) is 37.4 Å². The Morgan fingerprint density at radius 3 is 2.00 bits per heavy atom. The number of hydrogen-bond acceptors (Lipinski definition) is 2. The molecule has 4 heteroatoms. The smallest absolute Gasteiger partial charge is 0.238 e. The molecule has 3 aromatic carbocycles. The van der Waals surface area contributed by atoms with Crippen LogP contribution in [0.4, 0.5) is 5.69 Å². The van der Waals surface area contributed by atoms with Gasteiger partial charge in [0.15, 0.2) is 0 Å². The van der Waals surface area contributed by atoms with E-state index in [1.54, 1.807) is 0 Å². The van der Waals surface area contributed by atoms with Gasteiger partial charge in [-0.15, -0.1) is 0 Å². The lowest BCUT2D eigenvalue weighted by atomic mass is 9.74. The molecule has 2 aliphatic rings. The van der Waals surface area contributed by atoms with Gasteiger partial charge in [0, 0.05) is 5.92 Å². The van der Waals surface area contributed by atoms with Crippen molar-refractivity contribution in [1.82, 2.24) is 0 Å². The third-order valence-corrected chi connectivity index (χ3v) is 10.6. The number of fused-ring (bicyclic) bond motifs is 1. The van der Waals surface area contributed by atoms with E-state index in [0.717, 1.165) is 11.6 Å². The number of carbonyl (C=O) groups excluding carboxylic acids is 2. The summed E-state index contributed by atoms with van der Waals surface area (Å²) in [7, 11) is -1.85. The van der Waals surface area contributed by atoms with E-state index in [1.807, 2.05) is 48.5 Å². The lowest BCUT2D eigenvalue weighted by Crippen LogP contribution is -2.39. The summed E-state index contributed by atoms with van der Waals surface area (Å²) in [5.41, 5.74) is 3.13. The number of nitrogens with zero attached hydrogens (tertiary/aromatic N) is 1. The molecule has 33 heavy (non-hydrogen) atoms. The highest BCUT2D eigenvalue weighted by atomic mass is 28.3. The van der Waals surface area contributed by atoms with Crippen LogP contribution in [0.5, 0.6) is 0 Å². The lowest BCUT2D eigenvalue weighted by Gasteiger charge is -2.36. The molecule has 0 N–H and O–H groups in total. The van der Waals surface area contributed by atoms with E-state index in [0.29, 0.717) is 12.1 Å². The normalized spacial score (nSPS) is 22.8. The third-order valence-electron chi connectivity index (χ3n) is 7.24. The lowest BCUT2D eigenvalue weighted by molar-refractivity contribution is -0.122. The second kappa shape index (κ2) is 8.60. The van der Waals surface area contributed by atoms with Crippen LogP contribution in [0.1, 0.15) is 23.5 Å². The molecule has 0 spiro atoms. The van der Waals surface area contributed by atoms with E-state index < -0.39 is 8.07 Å². The van der Waals surface area contributed by atoms with Crippen LogP contribution in [-0.4, -0.2) is 19.9 Å². The Balaban J connectivity index is 1.56. The van der Waals surface area contributed by atoms with Crippen molar-refractivity contribution < 1.29 is 9.59 Å². The average Bonchev–Trinajstić information content (AvgIpc) is 3.10. The van der Waals surface area contributed by atoms with Crippen LogP contribution in [0, 0.1) is 11.8 Å². The fraction of sp³-hybridized carbons (Fsp3) is 0.241. The van der Waals surface area contributed by atoms with Crippen LogP contribution < -0.4 is 4.90 Å². The highest BCUT2D eigenvalue weighted by Gasteiger charge is 2.54.